The van der Waals surface area contributed by atoms with Crippen LogP contribution in [0.15, 0.2) is 126 Å². The van der Waals surface area contributed by atoms with Crippen LogP contribution in [-0.2, 0) is 0 Å². The monoisotopic (exact) mass is 466 g/mol. The van der Waals surface area contributed by atoms with Crippen molar-refractivity contribution in [2.24, 2.45) is 0 Å². The average Bonchev–Trinajstić information content (AvgIpc) is 2.93. The predicted octanol–water partition coefficient (Wildman–Crippen LogP) is 8.26. The van der Waals surface area contributed by atoms with E-state index < -0.39 is 0 Å². The zero-order chi connectivity index (χ0) is 24.2. The van der Waals surface area contributed by atoms with E-state index in [1.54, 1.807) is 18.2 Å². The zero-order valence-electron chi connectivity index (χ0n) is 19.3. The molecule has 0 fully saturated rings. The Labute approximate surface area is 208 Å². The summed E-state index contributed by atoms with van der Waals surface area (Å²) >= 11 is 0. The lowest BCUT2D eigenvalue weighted by Crippen LogP contribution is -2.16. The lowest BCUT2D eigenvalue weighted by atomic mass is 9.82. The third kappa shape index (κ3) is 3.14. The smallest absolute Gasteiger partial charge is 0.173 e. The molecule has 1 atom stereocenters. The molecule has 1 unspecified atom stereocenters. The lowest BCUT2D eigenvalue weighted by Gasteiger charge is -2.30. The van der Waals surface area contributed by atoms with E-state index in [1.165, 1.54) is 5.56 Å². The molecular formula is C33H22O3. The normalized spacial score (nSPS) is 16.4. The minimum Gasteiger partial charge on any atom is -0.508 e. The quantitative estimate of drug-likeness (QED) is 0.257. The lowest BCUT2D eigenvalue weighted by molar-refractivity contribution is 0.350. The third-order valence-electron chi connectivity index (χ3n) is 7.16. The van der Waals surface area contributed by atoms with Gasteiger partial charge in [0, 0.05) is 22.4 Å². The number of aliphatic hydroxyl groups excluding tert-OH is 1. The molecule has 36 heavy (non-hydrogen) atoms. The molecule has 0 amide bonds. The van der Waals surface area contributed by atoms with Gasteiger partial charge >= 0.3 is 0 Å². The summed E-state index contributed by atoms with van der Waals surface area (Å²) in [4.78, 5) is 0. The molecule has 0 spiro atoms. The van der Waals surface area contributed by atoms with Gasteiger partial charge < -0.3 is 14.9 Å². The molecule has 5 aromatic carbocycles. The highest BCUT2D eigenvalue weighted by atomic mass is 16.5. The Balaban J connectivity index is 1.41. The van der Waals surface area contributed by atoms with Gasteiger partial charge in [-0.25, -0.2) is 0 Å². The summed E-state index contributed by atoms with van der Waals surface area (Å²) in [5.74, 6) is 1.51. The van der Waals surface area contributed by atoms with Crippen LogP contribution in [0.3, 0.4) is 0 Å². The maximum Gasteiger partial charge on any atom is 0.173 e. The van der Waals surface area contributed by atoms with Gasteiger partial charge in [-0.05, 0) is 63.2 Å². The van der Waals surface area contributed by atoms with E-state index in [0.717, 1.165) is 49.6 Å². The standard InChI is InChI=1S/C33H22O3/c34-23-14-15-26-28(18-23)25-8-4-5-9-27(25)32-30(26)19-29-24(16-17-31(35)33(29)36-32)22-12-10-21(11-13-22)20-6-2-1-3-7-20/h1-19,24,34-35H. The summed E-state index contributed by atoms with van der Waals surface area (Å²) in [7, 11) is 0. The fraction of sp³-hybridized carbons (Fsp3) is 0.0303. The Kier molecular flexibility index (Phi) is 4.52. The second kappa shape index (κ2) is 7.89. The number of aliphatic hydroxyl groups is 1. The average molecular weight is 467 g/mol. The Bertz CT molecular complexity index is 1760. The van der Waals surface area contributed by atoms with E-state index in [0.29, 0.717) is 5.76 Å². The fourth-order valence-electron chi connectivity index (χ4n) is 5.41. The van der Waals surface area contributed by atoms with Gasteiger partial charge in [0.15, 0.2) is 11.5 Å². The van der Waals surface area contributed by atoms with Crippen molar-refractivity contribution in [2.45, 2.75) is 5.92 Å². The van der Waals surface area contributed by atoms with Crippen molar-refractivity contribution in [1.29, 1.82) is 0 Å². The van der Waals surface area contributed by atoms with E-state index in [9.17, 15) is 10.2 Å². The number of phenols is 1. The number of allylic oxidation sites excluding steroid dienone is 3. The van der Waals surface area contributed by atoms with Crippen molar-refractivity contribution < 1.29 is 14.9 Å². The maximum atomic E-state index is 10.8. The van der Waals surface area contributed by atoms with Gasteiger partial charge in [-0.1, -0.05) is 84.9 Å². The van der Waals surface area contributed by atoms with Crippen LogP contribution in [0.2, 0.25) is 0 Å². The van der Waals surface area contributed by atoms with E-state index in [1.807, 2.05) is 54.6 Å². The van der Waals surface area contributed by atoms with Crippen molar-refractivity contribution in [2.75, 3.05) is 0 Å². The van der Waals surface area contributed by atoms with Gasteiger partial charge in [0.1, 0.15) is 11.5 Å². The molecule has 1 aliphatic heterocycles. The van der Waals surface area contributed by atoms with E-state index >= 15 is 0 Å². The largest absolute Gasteiger partial charge is 0.508 e. The number of hydrogen-bond acceptors (Lipinski definition) is 3. The van der Waals surface area contributed by atoms with Gasteiger partial charge in [-0.3, -0.25) is 0 Å². The molecule has 0 saturated carbocycles. The first-order chi connectivity index (χ1) is 17.7. The first kappa shape index (κ1) is 20.6. The number of aromatic hydroxyl groups is 1. The highest BCUT2D eigenvalue weighted by Crippen LogP contribution is 2.48. The third-order valence-corrected chi connectivity index (χ3v) is 7.16. The molecule has 0 radical (unpaired) electrons. The van der Waals surface area contributed by atoms with Crippen LogP contribution in [0.25, 0.3) is 38.7 Å². The molecule has 5 aromatic rings. The van der Waals surface area contributed by atoms with Crippen LogP contribution >= 0.6 is 0 Å². The minimum atomic E-state index is -0.0625. The first-order valence-electron chi connectivity index (χ1n) is 12.0. The molecule has 3 nitrogen and oxygen atoms in total. The molecule has 0 aromatic heterocycles. The van der Waals surface area contributed by atoms with Crippen molar-refractivity contribution in [3.63, 3.8) is 0 Å². The van der Waals surface area contributed by atoms with Crippen LogP contribution in [0.4, 0.5) is 0 Å². The maximum absolute atomic E-state index is 10.8. The highest BCUT2D eigenvalue weighted by molar-refractivity contribution is 6.15. The second-order valence-electron chi connectivity index (χ2n) is 9.26. The molecule has 3 heteroatoms. The molecule has 0 saturated heterocycles. The van der Waals surface area contributed by atoms with E-state index in [-0.39, 0.29) is 17.4 Å². The van der Waals surface area contributed by atoms with Crippen molar-refractivity contribution in [3.05, 3.63) is 137 Å². The Morgan fingerprint density at radius 3 is 2.17 bits per heavy atom. The van der Waals surface area contributed by atoms with E-state index in [2.05, 4.69) is 42.5 Å². The molecule has 2 N–H and O–H groups in total. The molecule has 7 rings (SSSR count). The van der Waals surface area contributed by atoms with Gasteiger partial charge in [0.2, 0.25) is 0 Å². The van der Waals surface area contributed by atoms with Crippen LogP contribution in [0, 0.1) is 0 Å². The van der Waals surface area contributed by atoms with Crippen molar-refractivity contribution in [1.82, 2.24) is 0 Å². The summed E-state index contributed by atoms with van der Waals surface area (Å²) in [5, 5.41) is 24.9. The Hall–Kier alpha value is -4.76. The molecule has 1 heterocycles. The molecular weight excluding hydrogens is 444 g/mol. The number of rotatable bonds is 2. The van der Waals surface area contributed by atoms with E-state index in [4.69, 9.17) is 4.74 Å². The summed E-state index contributed by atoms with van der Waals surface area (Å²) < 4.78 is 6.49. The molecule has 0 bridgehead atoms. The number of hydrogen-bond donors (Lipinski definition) is 2. The summed E-state index contributed by atoms with van der Waals surface area (Å²) in [6, 6.07) is 32.4. The van der Waals surface area contributed by atoms with Crippen LogP contribution in [-0.4, -0.2) is 10.2 Å². The highest BCUT2D eigenvalue weighted by Gasteiger charge is 2.31. The van der Waals surface area contributed by atoms with Gasteiger partial charge in [-0.15, -0.1) is 0 Å². The zero-order valence-corrected chi connectivity index (χ0v) is 19.3. The van der Waals surface area contributed by atoms with Crippen molar-refractivity contribution >= 4 is 27.6 Å². The number of phenolic OH excluding ortho intramolecular Hbond substituents is 1. The first-order valence-corrected chi connectivity index (χ1v) is 12.0. The van der Waals surface area contributed by atoms with Gasteiger partial charge in [0.25, 0.3) is 0 Å². The van der Waals surface area contributed by atoms with Crippen LogP contribution in [0.1, 0.15) is 17.0 Å². The predicted molar refractivity (Wildman–Crippen MR) is 145 cm³/mol. The van der Waals surface area contributed by atoms with Gasteiger partial charge in [-0.2, -0.15) is 0 Å². The van der Waals surface area contributed by atoms with Crippen molar-refractivity contribution in [3.8, 4) is 22.6 Å². The fourth-order valence-corrected chi connectivity index (χ4v) is 5.41. The number of fused-ring (bicyclic) bond motifs is 7. The second-order valence-corrected chi connectivity index (χ2v) is 9.26. The number of benzene rings is 5. The topological polar surface area (TPSA) is 49.7 Å². The molecule has 2 aliphatic rings. The molecule has 172 valence electrons. The summed E-state index contributed by atoms with van der Waals surface area (Å²) in [6.07, 6.45) is 5.88. The molecule has 1 aliphatic carbocycles. The number of ether oxygens (including phenoxy) is 1. The van der Waals surface area contributed by atoms with Crippen LogP contribution in [0.5, 0.6) is 11.5 Å². The SMILES string of the molecule is OC1=C2Oc3c(c4ccc(O)cc4c4ccccc34)C=C2C(c2ccc(-c3ccccc3)cc2)C=C1. The van der Waals surface area contributed by atoms with Gasteiger partial charge in [0.05, 0.1) is 0 Å². The summed E-state index contributed by atoms with van der Waals surface area (Å²) in [6.45, 7) is 0. The Morgan fingerprint density at radius 1 is 0.639 bits per heavy atom. The summed E-state index contributed by atoms with van der Waals surface area (Å²) in [5.41, 5.74) is 5.33. The van der Waals surface area contributed by atoms with Crippen LogP contribution < -0.4 is 4.74 Å². The Morgan fingerprint density at radius 2 is 1.36 bits per heavy atom. The minimum absolute atomic E-state index is 0.0625.